The van der Waals surface area contributed by atoms with Crippen LogP contribution < -0.4 is 5.32 Å². The first kappa shape index (κ1) is 19.8. The van der Waals surface area contributed by atoms with Crippen molar-refractivity contribution in [3.8, 4) is 17.2 Å². The molecule has 2 aromatic carbocycles. The molecular formula is C23H21FN4O2. The lowest BCUT2D eigenvalue weighted by atomic mass is 9.98. The van der Waals surface area contributed by atoms with E-state index in [0.29, 0.717) is 13.1 Å². The van der Waals surface area contributed by atoms with Gasteiger partial charge < -0.3 is 15.3 Å². The highest BCUT2D eigenvalue weighted by molar-refractivity contribution is 5.97. The van der Waals surface area contributed by atoms with Gasteiger partial charge in [-0.05, 0) is 59.7 Å². The lowest BCUT2D eigenvalue weighted by Crippen LogP contribution is -2.43. The Morgan fingerprint density at radius 2 is 2.03 bits per heavy atom. The summed E-state index contributed by atoms with van der Waals surface area (Å²) in [7, 11) is 0. The normalized spacial score (nSPS) is 14.5. The van der Waals surface area contributed by atoms with E-state index in [1.165, 1.54) is 6.07 Å². The molecule has 1 aliphatic rings. The molecule has 30 heavy (non-hydrogen) atoms. The topological polar surface area (TPSA) is 89.2 Å². The van der Waals surface area contributed by atoms with Crippen LogP contribution in [0, 0.1) is 17.1 Å². The van der Waals surface area contributed by atoms with Crippen molar-refractivity contribution >= 4 is 22.4 Å². The molecule has 1 saturated heterocycles. The minimum absolute atomic E-state index is 0.0118. The summed E-state index contributed by atoms with van der Waals surface area (Å²) in [4.78, 5) is 17.6. The van der Waals surface area contributed by atoms with Crippen molar-refractivity contribution in [3.05, 3.63) is 60.2 Å². The van der Waals surface area contributed by atoms with E-state index in [4.69, 9.17) is 10.4 Å². The van der Waals surface area contributed by atoms with Crippen LogP contribution in [-0.2, 0) is 4.79 Å². The lowest BCUT2D eigenvalue weighted by Gasteiger charge is -2.33. The second-order valence-electron chi connectivity index (χ2n) is 7.38. The molecule has 6 nitrogen and oxygen atoms in total. The average Bonchev–Trinajstić information content (AvgIpc) is 2.79. The minimum atomic E-state index is -0.534. The summed E-state index contributed by atoms with van der Waals surface area (Å²) in [5.41, 5.74) is 2.56. The van der Waals surface area contributed by atoms with Gasteiger partial charge in [0.25, 0.3) is 0 Å². The standard InChI is InChI=1S/C23H21FN4O2/c24-21-2-1-15(9-18(21)12-25)17-10-16-3-6-26-13-20(16)22(11-17)27-19-4-7-28(8-5-19)23(30)14-29/h1-3,6,9-11,13,19,27,29H,4-5,7-8,14H2. The highest BCUT2D eigenvalue weighted by atomic mass is 19.1. The van der Waals surface area contributed by atoms with E-state index in [0.717, 1.165) is 40.4 Å². The summed E-state index contributed by atoms with van der Waals surface area (Å²) in [5, 5.41) is 23.7. The van der Waals surface area contributed by atoms with Crippen LogP contribution in [0.15, 0.2) is 48.8 Å². The number of aliphatic hydroxyl groups is 1. The van der Waals surface area contributed by atoms with E-state index in [-0.39, 0.29) is 17.5 Å². The van der Waals surface area contributed by atoms with Gasteiger partial charge in [0.2, 0.25) is 5.91 Å². The number of nitrogens with one attached hydrogen (secondary N) is 1. The molecule has 1 aliphatic heterocycles. The third-order valence-electron chi connectivity index (χ3n) is 5.52. The number of hydrogen-bond donors (Lipinski definition) is 2. The first-order valence-electron chi connectivity index (χ1n) is 9.82. The van der Waals surface area contributed by atoms with Gasteiger partial charge in [-0.1, -0.05) is 6.07 Å². The number of amides is 1. The number of aromatic nitrogens is 1. The zero-order chi connectivity index (χ0) is 21.1. The van der Waals surface area contributed by atoms with E-state index in [9.17, 15) is 9.18 Å². The Morgan fingerprint density at radius 1 is 1.23 bits per heavy atom. The fourth-order valence-electron chi connectivity index (χ4n) is 3.87. The summed E-state index contributed by atoms with van der Waals surface area (Å²) < 4.78 is 13.8. The molecule has 0 radical (unpaired) electrons. The summed E-state index contributed by atoms with van der Waals surface area (Å²) >= 11 is 0. The lowest BCUT2D eigenvalue weighted by molar-refractivity contribution is -0.135. The number of carbonyl (C=O) groups excluding carboxylic acids is 1. The van der Waals surface area contributed by atoms with Gasteiger partial charge in [-0.2, -0.15) is 5.26 Å². The zero-order valence-electron chi connectivity index (χ0n) is 16.3. The molecule has 0 aliphatic carbocycles. The van der Waals surface area contributed by atoms with Gasteiger partial charge >= 0.3 is 0 Å². The number of rotatable bonds is 4. The Labute approximate surface area is 173 Å². The Bertz CT molecular complexity index is 1130. The third-order valence-corrected chi connectivity index (χ3v) is 5.52. The number of hydrogen-bond acceptors (Lipinski definition) is 5. The predicted molar refractivity (Wildman–Crippen MR) is 112 cm³/mol. The van der Waals surface area contributed by atoms with Gasteiger partial charge in [-0.3, -0.25) is 9.78 Å². The Hall–Kier alpha value is -3.50. The van der Waals surface area contributed by atoms with Crippen molar-refractivity contribution in [1.29, 1.82) is 5.26 Å². The highest BCUT2D eigenvalue weighted by Crippen LogP contribution is 2.32. The van der Waals surface area contributed by atoms with Crippen LogP contribution in [0.25, 0.3) is 21.9 Å². The van der Waals surface area contributed by atoms with Crippen molar-refractivity contribution in [2.24, 2.45) is 0 Å². The first-order chi connectivity index (χ1) is 14.6. The number of pyridine rings is 1. The Morgan fingerprint density at radius 3 is 2.77 bits per heavy atom. The van der Waals surface area contributed by atoms with E-state index < -0.39 is 12.4 Å². The number of anilines is 1. The molecule has 2 heterocycles. The van der Waals surface area contributed by atoms with Gasteiger partial charge in [0.15, 0.2) is 0 Å². The molecule has 1 fully saturated rings. The average molecular weight is 404 g/mol. The van der Waals surface area contributed by atoms with E-state index >= 15 is 0 Å². The summed E-state index contributed by atoms with van der Waals surface area (Å²) in [6.07, 6.45) is 5.07. The number of benzene rings is 2. The van der Waals surface area contributed by atoms with Crippen LogP contribution >= 0.6 is 0 Å². The Balaban J connectivity index is 1.65. The van der Waals surface area contributed by atoms with Gasteiger partial charge in [-0.25, -0.2) is 4.39 Å². The fraction of sp³-hybridized carbons (Fsp3) is 0.261. The van der Waals surface area contributed by atoms with Crippen molar-refractivity contribution in [1.82, 2.24) is 9.88 Å². The highest BCUT2D eigenvalue weighted by Gasteiger charge is 2.22. The van der Waals surface area contributed by atoms with Gasteiger partial charge in [-0.15, -0.1) is 0 Å². The first-order valence-corrected chi connectivity index (χ1v) is 9.82. The van der Waals surface area contributed by atoms with Crippen molar-refractivity contribution in [3.63, 3.8) is 0 Å². The molecule has 152 valence electrons. The molecule has 2 N–H and O–H groups in total. The Kier molecular flexibility index (Phi) is 5.59. The molecule has 0 spiro atoms. The minimum Gasteiger partial charge on any atom is -0.387 e. The largest absolute Gasteiger partial charge is 0.387 e. The van der Waals surface area contributed by atoms with Gasteiger partial charge in [0.1, 0.15) is 18.5 Å². The van der Waals surface area contributed by atoms with Crippen LogP contribution in [0.2, 0.25) is 0 Å². The summed E-state index contributed by atoms with van der Waals surface area (Å²) in [5.74, 6) is -0.775. The SMILES string of the molecule is N#Cc1cc(-c2cc(NC3CCN(C(=O)CO)CC3)c3cnccc3c2)ccc1F. The van der Waals surface area contributed by atoms with E-state index in [1.807, 2.05) is 24.3 Å². The smallest absolute Gasteiger partial charge is 0.248 e. The zero-order valence-corrected chi connectivity index (χ0v) is 16.3. The quantitative estimate of drug-likeness (QED) is 0.696. The number of aliphatic hydroxyl groups excluding tert-OH is 1. The molecule has 0 unspecified atom stereocenters. The molecule has 1 aromatic heterocycles. The number of fused-ring (bicyclic) bond motifs is 1. The molecule has 4 rings (SSSR count). The van der Waals surface area contributed by atoms with Crippen molar-refractivity contribution in [2.45, 2.75) is 18.9 Å². The van der Waals surface area contributed by atoms with Crippen LogP contribution in [-0.4, -0.2) is 46.6 Å². The maximum absolute atomic E-state index is 13.8. The molecule has 0 saturated carbocycles. The number of likely N-dealkylation sites (tertiary alicyclic amines) is 1. The van der Waals surface area contributed by atoms with E-state index in [1.54, 1.807) is 29.4 Å². The number of nitriles is 1. The van der Waals surface area contributed by atoms with Crippen molar-refractivity contribution < 1.29 is 14.3 Å². The van der Waals surface area contributed by atoms with Gasteiger partial charge in [0.05, 0.1) is 5.56 Å². The molecule has 3 aromatic rings. The summed E-state index contributed by atoms with van der Waals surface area (Å²) in [6, 6.07) is 12.5. The van der Waals surface area contributed by atoms with Crippen LogP contribution in [0.3, 0.4) is 0 Å². The number of nitrogens with zero attached hydrogens (tertiary/aromatic N) is 3. The van der Waals surface area contributed by atoms with Crippen LogP contribution in [0.5, 0.6) is 0 Å². The second-order valence-corrected chi connectivity index (χ2v) is 7.38. The number of carbonyl (C=O) groups is 1. The maximum Gasteiger partial charge on any atom is 0.248 e. The predicted octanol–water partition coefficient (Wildman–Crippen LogP) is 3.31. The van der Waals surface area contributed by atoms with Crippen molar-refractivity contribution in [2.75, 3.05) is 25.0 Å². The summed E-state index contributed by atoms with van der Waals surface area (Å²) in [6.45, 7) is 0.728. The molecule has 0 atom stereocenters. The molecular weight excluding hydrogens is 383 g/mol. The molecule has 7 heteroatoms. The monoisotopic (exact) mass is 404 g/mol. The molecule has 0 bridgehead atoms. The fourth-order valence-corrected chi connectivity index (χ4v) is 3.87. The third kappa shape index (κ3) is 3.95. The molecule has 1 amide bonds. The second kappa shape index (κ2) is 8.47. The van der Waals surface area contributed by atoms with E-state index in [2.05, 4.69) is 10.3 Å². The van der Waals surface area contributed by atoms with Gasteiger partial charge in [0, 0.05) is 42.6 Å². The maximum atomic E-state index is 13.8. The number of piperidine rings is 1. The van der Waals surface area contributed by atoms with Crippen LogP contribution in [0.4, 0.5) is 10.1 Å². The number of halogens is 1. The van der Waals surface area contributed by atoms with Crippen LogP contribution in [0.1, 0.15) is 18.4 Å².